The van der Waals surface area contributed by atoms with Crippen molar-refractivity contribution >= 4 is 0 Å². The third-order valence-electron chi connectivity index (χ3n) is 4.15. The van der Waals surface area contributed by atoms with E-state index in [1.54, 1.807) is 6.07 Å². The summed E-state index contributed by atoms with van der Waals surface area (Å²) in [7, 11) is 0. The standard InChI is InChI=1S/C16H18F3N3O/c1-11-5-7-22(8-6-11)10-14-20-15(21-23-14)12-3-2-4-13(9-12)16(17,18)19/h2-4,9,11H,5-8,10H2,1H3. The average molecular weight is 325 g/mol. The Morgan fingerprint density at radius 3 is 2.70 bits per heavy atom. The fourth-order valence-electron chi connectivity index (χ4n) is 2.68. The molecule has 2 heterocycles. The SMILES string of the molecule is CC1CCN(Cc2nc(-c3cccc(C(F)(F)F)c3)no2)CC1. The van der Waals surface area contributed by atoms with Crippen LogP contribution in [-0.4, -0.2) is 28.1 Å². The Morgan fingerprint density at radius 1 is 1.26 bits per heavy atom. The smallest absolute Gasteiger partial charge is 0.338 e. The molecular weight excluding hydrogens is 307 g/mol. The topological polar surface area (TPSA) is 42.2 Å². The third kappa shape index (κ3) is 3.90. The summed E-state index contributed by atoms with van der Waals surface area (Å²) in [6, 6.07) is 4.96. The van der Waals surface area contributed by atoms with Crippen LogP contribution in [0.2, 0.25) is 0 Å². The molecule has 0 unspecified atom stereocenters. The van der Waals surface area contributed by atoms with Crippen molar-refractivity contribution in [3.05, 3.63) is 35.7 Å². The number of aromatic nitrogens is 2. The number of halogens is 3. The van der Waals surface area contributed by atoms with Gasteiger partial charge in [0.15, 0.2) is 0 Å². The van der Waals surface area contributed by atoms with Gasteiger partial charge in [-0.15, -0.1) is 0 Å². The summed E-state index contributed by atoms with van der Waals surface area (Å²) in [5.41, 5.74) is -0.409. The molecule has 4 nitrogen and oxygen atoms in total. The van der Waals surface area contributed by atoms with Crippen LogP contribution in [0.5, 0.6) is 0 Å². The second-order valence-corrected chi connectivity index (χ2v) is 6.05. The van der Waals surface area contributed by atoms with E-state index >= 15 is 0 Å². The number of likely N-dealkylation sites (tertiary alicyclic amines) is 1. The number of rotatable bonds is 3. The lowest BCUT2D eigenvalue weighted by molar-refractivity contribution is -0.137. The fraction of sp³-hybridized carbons (Fsp3) is 0.500. The molecule has 0 radical (unpaired) electrons. The number of nitrogens with zero attached hydrogens (tertiary/aromatic N) is 3. The maximum absolute atomic E-state index is 12.8. The Hall–Kier alpha value is -1.89. The van der Waals surface area contributed by atoms with Crippen molar-refractivity contribution in [1.82, 2.24) is 15.0 Å². The van der Waals surface area contributed by atoms with E-state index < -0.39 is 11.7 Å². The van der Waals surface area contributed by atoms with Crippen molar-refractivity contribution in [2.75, 3.05) is 13.1 Å². The Labute approximate surface area is 132 Å². The van der Waals surface area contributed by atoms with Crippen molar-refractivity contribution in [3.8, 4) is 11.4 Å². The van der Waals surface area contributed by atoms with Gasteiger partial charge < -0.3 is 4.52 Å². The van der Waals surface area contributed by atoms with Crippen LogP contribution in [0.15, 0.2) is 28.8 Å². The van der Waals surface area contributed by atoms with Gasteiger partial charge in [0, 0.05) is 5.56 Å². The van der Waals surface area contributed by atoms with Crippen molar-refractivity contribution in [3.63, 3.8) is 0 Å². The zero-order valence-corrected chi connectivity index (χ0v) is 12.8. The maximum Gasteiger partial charge on any atom is 0.416 e. The molecule has 23 heavy (non-hydrogen) atoms. The molecule has 7 heteroatoms. The lowest BCUT2D eigenvalue weighted by Crippen LogP contribution is -2.32. The quantitative estimate of drug-likeness (QED) is 0.856. The van der Waals surface area contributed by atoms with Gasteiger partial charge in [-0.25, -0.2) is 0 Å². The zero-order chi connectivity index (χ0) is 16.4. The molecule has 124 valence electrons. The molecule has 0 aliphatic carbocycles. The lowest BCUT2D eigenvalue weighted by atomic mass is 9.99. The molecule has 0 atom stereocenters. The normalized spacial score (nSPS) is 17.6. The lowest BCUT2D eigenvalue weighted by Gasteiger charge is -2.28. The molecule has 0 saturated carbocycles. The van der Waals surface area contributed by atoms with Gasteiger partial charge in [-0.1, -0.05) is 24.2 Å². The van der Waals surface area contributed by atoms with Gasteiger partial charge in [0.25, 0.3) is 0 Å². The molecule has 0 bridgehead atoms. The minimum Gasteiger partial charge on any atom is -0.338 e. The highest BCUT2D eigenvalue weighted by Gasteiger charge is 2.30. The first-order valence-corrected chi connectivity index (χ1v) is 7.64. The summed E-state index contributed by atoms with van der Waals surface area (Å²) >= 11 is 0. The highest BCUT2D eigenvalue weighted by atomic mass is 19.4. The number of benzene rings is 1. The van der Waals surface area contributed by atoms with Crippen molar-refractivity contribution in [2.45, 2.75) is 32.5 Å². The van der Waals surface area contributed by atoms with E-state index in [2.05, 4.69) is 22.0 Å². The molecule has 0 amide bonds. The number of hydrogen-bond acceptors (Lipinski definition) is 4. The van der Waals surface area contributed by atoms with Gasteiger partial charge in [-0.2, -0.15) is 18.2 Å². The van der Waals surface area contributed by atoms with E-state index in [1.165, 1.54) is 6.07 Å². The van der Waals surface area contributed by atoms with Gasteiger partial charge in [0.2, 0.25) is 11.7 Å². The Bertz CT molecular complexity index is 661. The van der Waals surface area contributed by atoms with Gasteiger partial charge in [-0.05, 0) is 44.0 Å². The van der Waals surface area contributed by atoms with Gasteiger partial charge in [0.05, 0.1) is 12.1 Å². The predicted octanol–water partition coefficient (Wildman–Crippen LogP) is 3.99. The van der Waals surface area contributed by atoms with Gasteiger partial charge in [0.1, 0.15) is 0 Å². The largest absolute Gasteiger partial charge is 0.416 e. The first-order chi connectivity index (χ1) is 10.9. The summed E-state index contributed by atoms with van der Waals surface area (Å²) in [5.74, 6) is 1.36. The predicted molar refractivity (Wildman–Crippen MR) is 78.4 cm³/mol. The number of hydrogen-bond donors (Lipinski definition) is 0. The maximum atomic E-state index is 12.8. The van der Waals surface area contributed by atoms with Gasteiger partial charge >= 0.3 is 6.18 Å². The molecule has 1 aliphatic rings. The average Bonchev–Trinajstić information content (AvgIpc) is 2.97. The number of alkyl halides is 3. The molecule has 1 fully saturated rings. The minimum absolute atomic E-state index is 0.191. The second-order valence-electron chi connectivity index (χ2n) is 6.05. The Morgan fingerprint density at radius 2 is 2.00 bits per heavy atom. The van der Waals surface area contributed by atoms with Crippen LogP contribution >= 0.6 is 0 Å². The van der Waals surface area contributed by atoms with Gasteiger partial charge in [-0.3, -0.25) is 4.90 Å². The summed E-state index contributed by atoms with van der Waals surface area (Å²) in [5, 5.41) is 3.81. The van der Waals surface area contributed by atoms with E-state index in [-0.39, 0.29) is 5.82 Å². The van der Waals surface area contributed by atoms with Crippen LogP contribution in [0.1, 0.15) is 31.2 Å². The zero-order valence-electron chi connectivity index (χ0n) is 12.8. The third-order valence-corrected chi connectivity index (χ3v) is 4.15. The summed E-state index contributed by atoms with van der Waals surface area (Å²) in [6.45, 7) is 4.72. The van der Waals surface area contributed by atoms with Crippen LogP contribution in [0.4, 0.5) is 13.2 Å². The molecular formula is C16H18F3N3O. The summed E-state index contributed by atoms with van der Waals surface area (Å²) in [4.78, 5) is 6.46. The fourth-order valence-corrected chi connectivity index (χ4v) is 2.68. The van der Waals surface area contributed by atoms with E-state index in [1.807, 2.05) is 0 Å². The molecule has 1 saturated heterocycles. The van der Waals surface area contributed by atoms with E-state index in [9.17, 15) is 13.2 Å². The van der Waals surface area contributed by atoms with Crippen LogP contribution < -0.4 is 0 Å². The highest BCUT2D eigenvalue weighted by molar-refractivity contribution is 5.55. The van der Waals surface area contributed by atoms with E-state index in [0.29, 0.717) is 18.0 Å². The van der Waals surface area contributed by atoms with Crippen LogP contribution in [-0.2, 0) is 12.7 Å². The second kappa shape index (κ2) is 6.31. The van der Waals surface area contributed by atoms with Crippen molar-refractivity contribution < 1.29 is 17.7 Å². The first-order valence-electron chi connectivity index (χ1n) is 7.64. The number of piperidine rings is 1. The minimum atomic E-state index is -4.38. The van der Waals surface area contributed by atoms with Crippen LogP contribution in [0.25, 0.3) is 11.4 Å². The van der Waals surface area contributed by atoms with Crippen molar-refractivity contribution in [2.24, 2.45) is 5.92 Å². The highest BCUT2D eigenvalue weighted by Crippen LogP contribution is 2.31. The molecule has 3 rings (SSSR count). The molecule has 1 aromatic heterocycles. The van der Waals surface area contributed by atoms with E-state index in [4.69, 9.17) is 4.52 Å². The Kier molecular flexibility index (Phi) is 4.39. The first kappa shape index (κ1) is 16.0. The molecule has 1 aromatic carbocycles. The van der Waals surface area contributed by atoms with Crippen LogP contribution in [0, 0.1) is 5.92 Å². The van der Waals surface area contributed by atoms with Crippen LogP contribution in [0.3, 0.4) is 0 Å². The molecule has 0 spiro atoms. The molecule has 0 N–H and O–H groups in total. The van der Waals surface area contributed by atoms with Crippen molar-refractivity contribution in [1.29, 1.82) is 0 Å². The molecule has 2 aromatic rings. The Balaban J connectivity index is 1.72. The molecule has 1 aliphatic heterocycles. The summed E-state index contributed by atoms with van der Waals surface area (Å²) in [6.07, 6.45) is -2.11. The monoisotopic (exact) mass is 325 g/mol. The van der Waals surface area contributed by atoms with E-state index in [0.717, 1.165) is 44.0 Å². The summed E-state index contributed by atoms with van der Waals surface area (Å²) < 4.78 is 43.5.